The van der Waals surface area contributed by atoms with Gasteiger partial charge in [-0.15, -0.1) is 0 Å². The third kappa shape index (κ3) is 85.1. The van der Waals surface area contributed by atoms with E-state index < -0.39 is 0 Å². The SMILES string of the molecule is O=[C-]Cl.O=[C-]Cl.[Rb+]. The van der Waals surface area contributed by atoms with Gasteiger partial charge in [0.05, 0.1) is 0 Å². The number of carbonyl (C=O) groups excluding carboxylic acids is 2. The van der Waals surface area contributed by atoms with Gasteiger partial charge in [-0.05, 0) is 0 Å². The average Bonchev–Trinajstić information content (AvgIpc) is 1.39. The molecule has 0 amide bonds. The van der Waals surface area contributed by atoms with Crippen LogP contribution in [-0.2, 0) is 9.59 Å². The van der Waals surface area contributed by atoms with Crippen molar-refractivity contribution < 1.29 is 67.8 Å². The van der Waals surface area contributed by atoms with Crippen LogP contribution in [0.1, 0.15) is 0 Å². The largest absolute Gasteiger partial charge is 1.00 e. The second kappa shape index (κ2) is 25.2. The summed E-state index contributed by atoms with van der Waals surface area (Å²) >= 11 is 8.39. The average molecular weight is 212 g/mol. The molecule has 0 saturated heterocycles. The summed E-state index contributed by atoms with van der Waals surface area (Å²) in [6.07, 6.45) is 0. The van der Waals surface area contributed by atoms with Crippen LogP contribution in [-0.4, -0.2) is 11.5 Å². The fraction of sp³-hybridized carbons (Fsp3) is 0. The van der Waals surface area contributed by atoms with Gasteiger partial charge in [-0.2, -0.15) is 11.5 Å². The van der Waals surface area contributed by atoms with Crippen LogP contribution in [0.25, 0.3) is 0 Å². The predicted octanol–water partition coefficient (Wildman–Crippen LogP) is -2.41. The zero-order valence-corrected chi connectivity index (χ0v) is 10.0. The fourth-order valence-electron chi connectivity index (χ4n) is 0. The molecule has 0 radical (unpaired) electrons. The summed E-state index contributed by atoms with van der Waals surface area (Å²) in [6.45, 7) is 0. The Morgan fingerprint density at radius 2 is 1.00 bits per heavy atom. The predicted molar refractivity (Wildman–Crippen MR) is 23.1 cm³/mol. The topological polar surface area (TPSA) is 34.1 Å². The minimum absolute atomic E-state index is 0. The van der Waals surface area contributed by atoms with Crippen LogP contribution in [0.3, 0.4) is 0 Å². The Hall–Kier alpha value is 1.73. The van der Waals surface area contributed by atoms with Gasteiger partial charge in [0.1, 0.15) is 0 Å². The summed E-state index contributed by atoms with van der Waals surface area (Å²) in [7, 11) is 0. The number of hydrogen-bond donors (Lipinski definition) is 0. The maximum absolute atomic E-state index is 8.45. The normalized spacial score (nSPS) is 3.71. The van der Waals surface area contributed by atoms with E-state index in [1.54, 1.807) is 0 Å². The van der Waals surface area contributed by atoms with Gasteiger partial charge in [0.15, 0.2) is 0 Å². The van der Waals surface area contributed by atoms with Crippen molar-refractivity contribution in [1.82, 2.24) is 0 Å². The molecule has 0 aliphatic rings. The summed E-state index contributed by atoms with van der Waals surface area (Å²) in [5.74, 6) is 1.94. The summed E-state index contributed by atoms with van der Waals surface area (Å²) in [5.41, 5.74) is 0. The molecule has 0 fully saturated rings. The van der Waals surface area contributed by atoms with Crippen molar-refractivity contribution in [1.29, 1.82) is 0 Å². The van der Waals surface area contributed by atoms with Crippen molar-refractivity contribution in [3.8, 4) is 0 Å². The van der Waals surface area contributed by atoms with Gasteiger partial charge in [-0.3, -0.25) is 0 Å². The van der Waals surface area contributed by atoms with E-state index in [-0.39, 0.29) is 58.2 Å². The molecule has 0 spiro atoms. The maximum atomic E-state index is 8.45. The van der Waals surface area contributed by atoms with Gasteiger partial charge in [0.2, 0.25) is 0 Å². The minimum Gasteiger partial charge on any atom is -0.525 e. The molecule has 0 rings (SSSR count). The first-order valence-electron chi connectivity index (χ1n) is 0.786. The van der Waals surface area contributed by atoms with Crippen LogP contribution in [0.4, 0.5) is 0 Å². The van der Waals surface area contributed by atoms with E-state index in [2.05, 4.69) is 23.2 Å². The zero-order chi connectivity index (χ0) is 5.41. The molecule has 0 aromatic carbocycles. The molecule has 0 aromatic heterocycles. The third-order valence-corrected chi connectivity index (χ3v) is 0. The molecule has 0 N–H and O–H groups in total. The van der Waals surface area contributed by atoms with Crippen molar-refractivity contribution in [2.45, 2.75) is 0 Å². The van der Waals surface area contributed by atoms with Crippen molar-refractivity contribution >= 4 is 34.7 Å². The Morgan fingerprint density at radius 1 is 1.00 bits per heavy atom. The smallest absolute Gasteiger partial charge is 0.525 e. The van der Waals surface area contributed by atoms with Gasteiger partial charge in [-0.25, -0.2) is 0 Å². The quantitative estimate of drug-likeness (QED) is 0.331. The van der Waals surface area contributed by atoms with E-state index in [0.29, 0.717) is 0 Å². The standard InChI is InChI=1S/2CClO.Rb/c2*2-1-3;/q2*-1;+1. The molecule has 0 aromatic rings. The van der Waals surface area contributed by atoms with Crippen LogP contribution in [0, 0.1) is 0 Å². The summed E-state index contributed by atoms with van der Waals surface area (Å²) in [5, 5.41) is 0. The molecule has 0 atom stereocenters. The molecule has 36 valence electrons. The second-order valence-electron chi connectivity index (χ2n) is 0.154. The molecule has 5 heteroatoms. The van der Waals surface area contributed by atoms with Crippen LogP contribution in [0.2, 0.25) is 0 Å². The van der Waals surface area contributed by atoms with Gasteiger partial charge in [0.25, 0.3) is 0 Å². The van der Waals surface area contributed by atoms with E-state index in [1.807, 2.05) is 0 Å². The molecule has 2 nitrogen and oxygen atoms in total. The maximum Gasteiger partial charge on any atom is 1.00 e. The Balaban J connectivity index is -0.0000000400. The van der Waals surface area contributed by atoms with Crippen molar-refractivity contribution in [2.24, 2.45) is 0 Å². The molecular formula is C2Cl2O2Rb-. The number of rotatable bonds is 0. The van der Waals surface area contributed by atoms with E-state index in [0.717, 1.165) is 11.5 Å². The molecule has 0 heterocycles. The molecular weight excluding hydrogens is 212 g/mol. The van der Waals surface area contributed by atoms with Gasteiger partial charge in [-0.1, -0.05) is 0 Å². The van der Waals surface area contributed by atoms with Gasteiger partial charge < -0.3 is 32.8 Å². The van der Waals surface area contributed by atoms with Crippen molar-refractivity contribution in [3.63, 3.8) is 0 Å². The Bertz CT molecular complexity index is 34.7. The zero-order valence-electron chi connectivity index (χ0n) is 3.57. The number of halogens is 2. The first-order chi connectivity index (χ1) is 2.83. The van der Waals surface area contributed by atoms with E-state index >= 15 is 0 Å². The first kappa shape index (κ1) is 15.9. The Morgan fingerprint density at radius 3 is 1.00 bits per heavy atom. The van der Waals surface area contributed by atoms with Gasteiger partial charge >= 0.3 is 58.2 Å². The van der Waals surface area contributed by atoms with E-state index in [4.69, 9.17) is 9.59 Å². The van der Waals surface area contributed by atoms with Crippen LogP contribution < -0.4 is 58.2 Å². The second-order valence-corrected chi connectivity index (χ2v) is 0.463. The summed E-state index contributed by atoms with van der Waals surface area (Å²) in [6, 6.07) is 0. The fourth-order valence-corrected chi connectivity index (χ4v) is 0. The minimum atomic E-state index is 0. The molecule has 0 bridgehead atoms. The van der Waals surface area contributed by atoms with E-state index in [1.165, 1.54) is 0 Å². The van der Waals surface area contributed by atoms with Crippen LogP contribution in [0.15, 0.2) is 0 Å². The Labute approximate surface area is 100 Å². The molecule has 0 aliphatic heterocycles. The van der Waals surface area contributed by atoms with Crippen LogP contribution in [0.5, 0.6) is 0 Å². The van der Waals surface area contributed by atoms with E-state index in [9.17, 15) is 0 Å². The molecule has 0 saturated carbocycles. The van der Waals surface area contributed by atoms with Gasteiger partial charge in [0, 0.05) is 0 Å². The third-order valence-electron chi connectivity index (χ3n) is 0. The molecule has 0 unspecified atom stereocenters. The summed E-state index contributed by atoms with van der Waals surface area (Å²) in [4.78, 5) is 16.9. The van der Waals surface area contributed by atoms with Crippen LogP contribution >= 0.6 is 23.2 Å². The summed E-state index contributed by atoms with van der Waals surface area (Å²) < 4.78 is 0. The molecule has 7 heavy (non-hydrogen) atoms. The first-order valence-corrected chi connectivity index (χ1v) is 1.54. The Kier molecular flexibility index (Phi) is 57.1. The van der Waals surface area contributed by atoms with Crippen molar-refractivity contribution in [3.05, 3.63) is 0 Å². The van der Waals surface area contributed by atoms with Crippen molar-refractivity contribution in [2.75, 3.05) is 0 Å². The number of hydrogen-bond acceptors (Lipinski definition) is 2. The monoisotopic (exact) mass is 211 g/mol. The molecule has 0 aliphatic carbocycles.